The predicted octanol–water partition coefficient (Wildman–Crippen LogP) is 3.57. The molecule has 2 aromatic carbocycles. The SMILES string of the molecule is N=C1OC(=N)c2c(Nc3ccccc3)nc(-c3ccccc3)nc21. The monoisotopic (exact) mass is 315 g/mol. The zero-order valence-corrected chi connectivity index (χ0v) is 12.6. The Hall–Kier alpha value is -3.54. The van der Waals surface area contributed by atoms with Crippen LogP contribution in [0.3, 0.4) is 0 Å². The van der Waals surface area contributed by atoms with Crippen molar-refractivity contribution < 1.29 is 4.74 Å². The third-order valence-electron chi connectivity index (χ3n) is 3.62. The van der Waals surface area contributed by atoms with E-state index in [9.17, 15) is 0 Å². The van der Waals surface area contributed by atoms with Gasteiger partial charge >= 0.3 is 0 Å². The molecule has 0 spiro atoms. The van der Waals surface area contributed by atoms with Gasteiger partial charge in [0.1, 0.15) is 17.1 Å². The van der Waals surface area contributed by atoms with Gasteiger partial charge in [0.25, 0.3) is 0 Å². The molecular weight excluding hydrogens is 302 g/mol. The summed E-state index contributed by atoms with van der Waals surface area (Å²) in [5, 5.41) is 19.1. The van der Waals surface area contributed by atoms with E-state index < -0.39 is 0 Å². The van der Waals surface area contributed by atoms with Gasteiger partial charge in [-0.2, -0.15) is 0 Å². The summed E-state index contributed by atoms with van der Waals surface area (Å²) in [6, 6.07) is 19.1. The Bertz CT molecular complexity index is 938. The average molecular weight is 315 g/mol. The summed E-state index contributed by atoms with van der Waals surface area (Å²) >= 11 is 0. The molecule has 0 radical (unpaired) electrons. The number of anilines is 2. The second kappa shape index (κ2) is 5.58. The first-order valence-electron chi connectivity index (χ1n) is 7.37. The lowest BCUT2D eigenvalue weighted by Gasteiger charge is -2.10. The molecule has 2 heterocycles. The van der Waals surface area contributed by atoms with Gasteiger partial charge in [-0.1, -0.05) is 48.5 Å². The van der Waals surface area contributed by atoms with Gasteiger partial charge in [-0.3, -0.25) is 10.8 Å². The fourth-order valence-corrected chi connectivity index (χ4v) is 2.51. The van der Waals surface area contributed by atoms with Crippen molar-refractivity contribution in [3.63, 3.8) is 0 Å². The number of ether oxygens (including phenoxy) is 1. The minimum atomic E-state index is -0.134. The molecule has 6 heteroatoms. The van der Waals surface area contributed by atoms with E-state index in [0.717, 1.165) is 11.3 Å². The lowest BCUT2D eigenvalue weighted by atomic mass is 10.1. The minimum absolute atomic E-state index is 0.118. The fraction of sp³-hybridized carbons (Fsp3) is 0. The van der Waals surface area contributed by atoms with Crippen LogP contribution in [0.5, 0.6) is 0 Å². The van der Waals surface area contributed by atoms with Gasteiger partial charge in [0.05, 0.1) is 0 Å². The number of nitrogens with zero attached hydrogens (tertiary/aromatic N) is 2. The van der Waals surface area contributed by atoms with E-state index in [4.69, 9.17) is 15.6 Å². The summed E-state index contributed by atoms with van der Waals surface area (Å²) in [7, 11) is 0. The first-order valence-corrected chi connectivity index (χ1v) is 7.37. The molecule has 1 aliphatic heterocycles. The van der Waals surface area contributed by atoms with Gasteiger partial charge in [0.2, 0.25) is 11.8 Å². The van der Waals surface area contributed by atoms with Crippen LogP contribution in [0.2, 0.25) is 0 Å². The molecular formula is C18H13N5O. The van der Waals surface area contributed by atoms with Crippen LogP contribution in [0.1, 0.15) is 11.3 Å². The number of hydrogen-bond donors (Lipinski definition) is 3. The van der Waals surface area contributed by atoms with E-state index in [1.165, 1.54) is 0 Å². The fourth-order valence-electron chi connectivity index (χ4n) is 2.51. The average Bonchev–Trinajstić information content (AvgIpc) is 2.91. The number of benzene rings is 2. The molecule has 0 atom stereocenters. The highest BCUT2D eigenvalue weighted by Gasteiger charge is 2.31. The largest absolute Gasteiger partial charge is 0.419 e. The van der Waals surface area contributed by atoms with Gasteiger partial charge in [-0.15, -0.1) is 0 Å². The van der Waals surface area contributed by atoms with Crippen LogP contribution in [0.4, 0.5) is 11.5 Å². The Morgan fingerprint density at radius 2 is 1.46 bits per heavy atom. The summed E-state index contributed by atoms with van der Waals surface area (Å²) in [5.41, 5.74) is 2.40. The number of hydrogen-bond acceptors (Lipinski definition) is 6. The van der Waals surface area contributed by atoms with Crippen molar-refractivity contribution in [1.29, 1.82) is 10.8 Å². The van der Waals surface area contributed by atoms with Crippen LogP contribution >= 0.6 is 0 Å². The Morgan fingerprint density at radius 1 is 0.792 bits per heavy atom. The van der Waals surface area contributed by atoms with Crippen molar-refractivity contribution in [1.82, 2.24) is 9.97 Å². The highest BCUT2D eigenvalue weighted by molar-refractivity contribution is 6.18. The van der Waals surface area contributed by atoms with Crippen LogP contribution in [-0.2, 0) is 4.74 Å². The zero-order valence-electron chi connectivity index (χ0n) is 12.6. The summed E-state index contributed by atoms with van der Waals surface area (Å²) in [4.78, 5) is 8.97. The van der Waals surface area contributed by atoms with E-state index in [2.05, 4.69) is 15.3 Å². The molecule has 1 aromatic heterocycles. The Balaban J connectivity index is 1.88. The highest BCUT2D eigenvalue weighted by Crippen LogP contribution is 2.29. The summed E-state index contributed by atoms with van der Waals surface area (Å²) in [5.74, 6) is 0.687. The molecule has 4 rings (SSSR count). The lowest BCUT2D eigenvalue weighted by molar-refractivity contribution is 0.552. The maximum atomic E-state index is 7.96. The van der Waals surface area contributed by atoms with Crippen LogP contribution in [-0.4, -0.2) is 21.8 Å². The normalized spacial score (nSPS) is 12.7. The molecule has 3 N–H and O–H groups in total. The van der Waals surface area contributed by atoms with E-state index in [-0.39, 0.29) is 11.8 Å². The number of aromatic nitrogens is 2. The second-order valence-corrected chi connectivity index (χ2v) is 5.24. The summed E-state index contributed by atoms with van der Waals surface area (Å²) in [6.45, 7) is 0. The molecule has 116 valence electrons. The van der Waals surface area contributed by atoms with Crippen molar-refractivity contribution in [3.8, 4) is 11.4 Å². The van der Waals surface area contributed by atoms with Crippen LogP contribution in [0.15, 0.2) is 60.7 Å². The van der Waals surface area contributed by atoms with Crippen LogP contribution < -0.4 is 5.32 Å². The second-order valence-electron chi connectivity index (χ2n) is 5.24. The van der Waals surface area contributed by atoms with Gasteiger partial charge in [-0.05, 0) is 12.1 Å². The number of rotatable bonds is 3. The molecule has 6 nitrogen and oxygen atoms in total. The lowest BCUT2D eigenvalue weighted by Crippen LogP contribution is -2.07. The number of fused-ring (bicyclic) bond motifs is 1. The topological polar surface area (TPSA) is 94.7 Å². The minimum Gasteiger partial charge on any atom is -0.419 e. The van der Waals surface area contributed by atoms with Crippen molar-refractivity contribution in [2.45, 2.75) is 0 Å². The predicted molar refractivity (Wildman–Crippen MR) is 91.9 cm³/mol. The third kappa shape index (κ3) is 2.40. The number of para-hydroxylation sites is 1. The molecule has 24 heavy (non-hydrogen) atoms. The first kappa shape index (κ1) is 14.1. The van der Waals surface area contributed by atoms with E-state index in [1.807, 2.05) is 60.7 Å². The molecule has 0 unspecified atom stereocenters. The van der Waals surface area contributed by atoms with E-state index >= 15 is 0 Å². The van der Waals surface area contributed by atoms with Gasteiger partial charge < -0.3 is 10.1 Å². The molecule has 0 aliphatic carbocycles. The summed E-state index contributed by atoms with van der Waals surface area (Å²) < 4.78 is 5.12. The van der Waals surface area contributed by atoms with Gasteiger partial charge in [0.15, 0.2) is 5.82 Å². The van der Waals surface area contributed by atoms with Crippen molar-refractivity contribution in [2.75, 3.05) is 5.32 Å². The molecule has 0 fully saturated rings. The quantitative estimate of drug-likeness (QED) is 0.688. The van der Waals surface area contributed by atoms with Crippen molar-refractivity contribution >= 4 is 23.3 Å². The van der Waals surface area contributed by atoms with Crippen molar-refractivity contribution in [3.05, 3.63) is 71.9 Å². The zero-order chi connectivity index (χ0) is 16.5. The smallest absolute Gasteiger partial charge is 0.240 e. The van der Waals surface area contributed by atoms with Crippen LogP contribution in [0, 0.1) is 10.8 Å². The van der Waals surface area contributed by atoms with E-state index in [1.54, 1.807) is 0 Å². The molecule has 0 bridgehead atoms. The maximum absolute atomic E-state index is 7.96. The Morgan fingerprint density at radius 3 is 2.17 bits per heavy atom. The molecule has 0 saturated carbocycles. The van der Waals surface area contributed by atoms with Gasteiger partial charge in [0, 0.05) is 11.3 Å². The molecule has 0 saturated heterocycles. The standard InChI is InChI=1S/C18H13N5O/c19-15-13-14(16(20)24-15)22-17(11-7-3-1-4-8-11)23-18(13)21-12-9-5-2-6-10-12/h1-10,19-20H,(H,21,22,23). The van der Waals surface area contributed by atoms with E-state index in [0.29, 0.717) is 22.9 Å². The first-order chi connectivity index (χ1) is 11.7. The van der Waals surface area contributed by atoms with Crippen molar-refractivity contribution in [2.24, 2.45) is 0 Å². The third-order valence-corrected chi connectivity index (χ3v) is 3.62. The van der Waals surface area contributed by atoms with Gasteiger partial charge in [-0.25, -0.2) is 9.97 Å². The molecule has 1 aliphatic rings. The highest BCUT2D eigenvalue weighted by atomic mass is 16.5. The molecule has 0 amide bonds. The Kier molecular flexibility index (Phi) is 3.28. The number of nitrogens with one attached hydrogen (secondary N) is 3. The molecule has 3 aromatic rings. The van der Waals surface area contributed by atoms with Crippen LogP contribution in [0.25, 0.3) is 11.4 Å². The Labute approximate surface area is 138 Å². The summed E-state index contributed by atoms with van der Waals surface area (Å²) in [6.07, 6.45) is 0. The maximum Gasteiger partial charge on any atom is 0.240 e.